The van der Waals surface area contributed by atoms with Gasteiger partial charge in [0, 0.05) is 6.92 Å². The molecule has 1 heterocycles. The van der Waals surface area contributed by atoms with Crippen molar-refractivity contribution in [2.24, 2.45) is 0 Å². The topological polar surface area (TPSA) is 18.5 Å². The zero-order chi connectivity index (χ0) is 8.39. The number of hydrogen-bond acceptors (Lipinski definition) is 2. The van der Waals surface area contributed by atoms with Crippen LogP contribution in [0.15, 0.2) is 30.3 Å². The molecule has 0 bridgehead atoms. The van der Waals surface area contributed by atoms with Gasteiger partial charge in [-0.2, -0.15) is 0 Å². The molecule has 2 unspecified atom stereocenters. The molecule has 2 atom stereocenters. The van der Waals surface area contributed by atoms with E-state index in [1.165, 1.54) is 0 Å². The number of benzene rings is 1. The van der Waals surface area contributed by atoms with Crippen molar-refractivity contribution in [2.45, 2.75) is 12.4 Å². The molecular formula is C10H11O2. The maximum absolute atomic E-state index is 5.41. The molecule has 1 fully saturated rings. The van der Waals surface area contributed by atoms with E-state index in [4.69, 9.17) is 9.47 Å². The molecule has 0 aromatic heterocycles. The Balaban J connectivity index is 2.11. The molecule has 0 N–H and O–H groups in total. The lowest BCUT2D eigenvalue weighted by molar-refractivity contribution is -0.0223. The summed E-state index contributed by atoms with van der Waals surface area (Å²) in [6, 6.07) is 10.0. The first-order valence-electron chi connectivity index (χ1n) is 4.01. The standard InChI is InChI=1S/C10H11O2/c1-8-11-7-10(12-8)9-5-3-2-4-6-9/h2-6,8,10H,1,7H2. The maximum atomic E-state index is 5.41. The second-order valence-electron chi connectivity index (χ2n) is 2.80. The van der Waals surface area contributed by atoms with E-state index in [2.05, 4.69) is 6.92 Å². The average Bonchev–Trinajstić information content (AvgIpc) is 2.54. The molecule has 0 amide bonds. The van der Waals surface area contributed by atoms with Crippen molar-refractivity contribution in [1.29, 1.82) is 0 Å². The molecule has 1 aromatic rings. The minimum atomic E-state index is -0.310. The molecular weight excluding hydrogens is 152 g/mol. The van der Waals surface area contributed by atoms with Gasteiger partial charge in [-0.15, -0.1) is 0 Å². The second-order valence-corrected chi connectivity index (χ2v) is 2.80. The van der Waals surface area contributed by atoms with Gasteiger partial charge in [0.15, 0.2) is 6.29 Å². The molecule has 1 aliphatic heterocycles. The summed E-state index contributed by atoms with van der Waals surface area (Å²) in [5, 5.41) is 0. The summed E-state index contributed by atoms with van der Waals surface area (Å²) in [6.45, 7) is 4.28. The van der Waals surface area contributed by atoms with Gasteiger partial charge < -0.3 is 9.47 Å². The van der Waals surface area contributed by atoms with Crippen LogP contribution in [0.3, 0.4) is 0 Å². The fraction of sp³-hybridized carbons (Fsp3) is 0.300. The van der Waals surface area contributed by atoms with E-state index in [-0.39, 0.29) is 12.4 Å². The minimum absolute atomic E-state index is 0.0636. The van der Waals surface area contributed by atoms with Crippen LogP contribution in [-0.2, 0) is 9.47 Å². The highest BCUT2D eigenvalue weighted by Gasteiger charge is 2.23. The molecule has 1 radical (unpaired) electrons. The minimum Gasteiger partial charge on any atom is -0.350 e. The zero-order valence-electron chi connectivity index (χ0n) is 6.77. The first-order valence-corrected chi connectivity index (χ1v) is 4.01. The molecule has 0 saturated carbocycles. The lowest BCUT2D eigenvalue weighted by Gasteiger charge is -2.07. The number of rotatable bonds is 1. The third kappa shape index (κ3) is 1.49. The van der Waals surface area contributed by atoms with Gasteiger partial charge >= 0.3 is 0 Å². The number of hydrogen-bond donors (Lipinski definition) is 0. The Morgan fingerprint density at radius 2 is 2.00 bits per heavy atom. The molecule has 2 nitrogen and oxygen atoms in total. The van der Waals surface area contributed by atoms with E-state index < -0.39 is 0 Å². The first kappa shape index (κ1) is 7.77. The lowest BCUT2D eigenvalue weighted by Crippen LogP contribution is -2.02. The summed E-state index contributed by atoms with van der Waals surface area (Å²) >= 11 is 0. The second kappa shape index (κ2) is 3.25. The largest absolute Gasteiger partial charge is 0.350 e. The van der Waals surface area contributed by atoms with E-state index >= 15 is 0 Å². The van der Waals surface area contributed by atoms with E-state index in [0.29, 0.717) is 6.61 Å². The SMILES string of the molecule is [CH2]C1OCC(c2ccccc2)O1. The van der Waals surface area contributed by atoms with Gasteiger partial charge in [-0.1, -0.05) is 30.3 Å². The Morgan fingerprint density at radius 1 is 1.25 bits per heavy atom. The van der Waals surface area contributed by atoms with Gasteiger partial charge in [0.05, 0.1) is 6.61 Å². The molecule has 63 valence electrons. The van der Waals surface area contributed by atoms with Crippen LogP contribution in [0.25, 0.3) is 0 Å². The Kier molecular flexibility index (Phi) is 2.11. The summed E-state index contributed by atoms with van der Waals surface area (Å²) in [5.74, 6) is 0. The van der Waals surface area contributed by atoms with Gasteiger partial charge in [-0.25, -0.2) is 0 Å². The normalized spacial score (nSPS) is 29.1. The van der Waals surface area contributed by atoms with Gasteiger partial charge in [0.25, 0.3) is 0 Å². The monoisotopic (exact) mass is 163 g/mol. The summed E-state index contributed by atoms with van der Waals surface area (Å²) < 4.78 is 10.6. The highest BCUT2D eigenvalue weighted by atomic mass is 16.7. The van der Waals surface area contributed by atoms with Crippen LogP contribution in [0.2, 0.25) is 0 Å². The number of ether oxygens (including phenoxy) is 2. The third-order valence-electron chi connectivity index (χ3n) is 1.92. The molecule has 1 aromatic carbocycles. The van der Waals surface area contributed by atoms with Crippen molar-refractivity contribution in [3.63, 3.8) is 0 Å². The predicted molar refractivity (Wildman–Crippen MR) is 45.4 cm³/mol. The summed E-state index contributed by atoms with van der Waals surface area (Å²) in [7, 11) is 0. The summed E-state index contributed by atoms with van der Waals surface area (Å²) in [5.41, 5.74) is 1.16. The molecule has 0 spiro atoms. The van der Waals surface area contributed by atoms with E-state index in [0.717, 1.165) is 5.56 Å². The van der Waals surface area contributed by atoms with Crippen LogP contribution in [0, 0.1) is 6.92 Å². The van der Waals surface area contributed by atoms with Crippen molar-refractivity contribution in [2.75, 3.05) is 6.61 Å². The van der Waals surface area contributed by atoms with Crippen molar-refractivity contribution in [3.05, 3.63) is 42.8 Å². The summed E-state index contributed by atoms with van der Waals surface area (Å²) in [4.78, 5) is 0. The Hall–Kier alpha value is -0.860. The van der Waals surface area contributed by atoms with Gasteiger partial charge in [-0.3, -0.25) is 0 Å². The quantitative estimate of drug-likeness (QED) is 0.629. The third-order valence-corrected chi connectivity index (χ3v) is 1.92. The maximum Gasteiger partial charge on any atom is 0.158 e. The Bertz CT molecular complexity index is 245. The van der Waals surface area contributed by atoms with Crippen molar-refractivity contribution in [1.82, 2.24) is 0 Å². The van der Waals surface area contributed by atoms with Gasteiger partial charge in [-0.05, 0) is 5.56 Å². The van der Waals surface area contributed by atoms with Crippen LogP contribution in [-0.4, -0.2) is 12.9 Å². The fourth-order valence-electron chi connectivity index (χ4n) is 1.30. The van der Waals surface area contributed by atoms with E-state index in [1.54, 1.807) is 0 Å². The van der Waals surface area contributed by atoms with Gasteiger partial charge in [0.2, 0.25) is 0 Å². The highest BCUT2D eigenvalue weighted by Crippen LogP contribution is 2.25. The first-order chi connectivity index (χ1) is 5.86. The van der Waals surface area contributed by atoms with Crippen molar-refractivity contribution in [3.8, 4) is 0 Å². The van der Waals surface area contributed by atoms with Gasteiger partial charge in [0.1, 0.15) is 6.10 Å². The van der Waals surface area contributed by atoms with Crippen LogP contribution in [0.1, 0.15) is 11.7 Å². The molecule has 1 aliphatic rings. The molecule has 1 saturated heterocycles. The van der Waals surface area contributed by atoms with Crippen LogP contribution in [0.4, 0.5) is 0 Å². The Labute approximate surface area is 72.1 Å². The van der Waals surface area contributed by atoms with Crippen LogP contribution >= 0.6 is 0 Å². The highest BCUT2D eigenvalue weighted by molar-refractivity contribution is 5.18. The molecule has 0 aliphatic carbocycles. The van der Waals surface area contributed by atoms with E-state index in [9.17, 15) is 0 Å². The fourth-order valence-corrected chi connectivity index (χ4v) is 1.30. The van der Waals surface area contributed by atoms with Crippen molar-refractivity contribution < 1.29 is 9.47 Å². The Morgan fingerprint density at radius 3 is 2.58 bits per heavy atom. The van der Waals surface area contributed by atoms with Crippen LogP contribution < -0.4 is 0 Å². The molecule has 12 heavy (non-hydrogen) atoms. The van der Waals surface area contributed by atoms with Crippen LogP contribution in [0.5, 0.6) is 0 Å². The average molecular weight is 163 g/mol. The lowest BCUT2D eigenvalue weighted by atomic mass is 10.1. The van der Waals surface area contributed by atoms with Crippen molar-refractivity contribution >= 4 is 0 Å². The molecule has 2 heteroatoms. The molecule has 2 rings (SSSR count). The summed E-state index contributed by atoms with van der Waals surface area (Å²) in [6.07, 6.45) is -0.246. The smallest absolute Gasteiger partial charge is 0.158 e. The zero-order valence-corrected chi connectivity index (χ0v) is 6.77. The van der Waals surface area contributed by atoms with E-state index in [1.807, 2.05) is 30.3 Å². The predicted octanol–water partition coefficient (Wildman–Crippen LogP) is 1.93.